The molecular weight excluding hydrogens is 226 g/mol. The number of aromatic carboxylic acids is 1. The normalized spacial score (nSPS) is 17.3. The van der Waals surface area contributed by atoms with Crippen LogP contribution < -0.4 is 0 Å². The molecule has 1 aliphatic rings. The van der Waals surface area contributed by atoms with Crippen LogP contribution in [0.4, 0.5) is 0 Å². The van der Waals surface area contributed by atoms with Gasteiger partial charge in [-0.3, -0.25) is 0 Å². The van der Waals surface area contributed by atoms with Gasteiger partial charge in [-0.1, -0.05) is 30.9 Å². The lowest BCUT2D eigenvalue weighted by Gasteiger charge is -2.23. The van der Waals surface area contributed by atoms with Gasteiger partial charge in [0.25, 0.3) is 0 Å². The Hall–Kier alpha value is -1.09. The Morgan fingerprint density at radius 2 is 2.06 bits per heavy atom. The Balaban J connectivity index is 2.38. The van der Waals surface area contributed by atoms with E-state index in [1.807, 2.05) is 0 Å². The highest BCUT2D eigenvalue weighted by Crippen LogP contribution is 2.35. The molecule has 0 bridgehead atoms. The van der Waals surface area contributed by atoms with Crippen LogP contribution in [0.3, 0.4) is 0 Å². The van der Waals surface area contributed by atoms with Crippen LogP contribution in [0.2, 0.25) is 5.15 Å². The molecule has 0 saturated heterocycles. The van der Waals surface area contributed by atoms with Crippen LogP contribution in [0, 0.1) is 0 Å². The summed E-state index contributed by atoms with van der Waals surface area (Å²) in [5.74, 6) is -0.640. The van der Waals surface area contributed by atoms with Gasteiger partial charge in [0.1, 0.15) is 10.7 Å². The molecule has 2 rings (SSSR count). The van der Waals surface area contributed by atoms with Gasteiger partial charge in [0.15, 0.2) is 0 Å². The largest absolute Gasteiger partial charge is 0.478 e. The monoisotopic (exact) mass is 239 g/mol. The van der Waals surface area contributed by atoms with E-state index in [4.69, 9.17) is 16.7 Å². The zero-order chi connectivity index (χ0) is 11.5. The highest BCUT2D eigenvalue weighted by atomic mass is 35.5. The summed E-state index contributed by atoms with van der Waals surface area (Å²) in [6.07, 6.45) is 7.30. The molecule has 1 saturated carbocycles. The number of carbonyl (C=O) groups is 1. The van der Waals surface area contributed by atoms with Crippen LogP contribution in [-0.2, 0) is 0 Å². The molecule has 3 nitrogen and oxygen atoms in total. The smallest absolute Gasteiger partial charge is 0.339 e. The highest BCUT2D eigenvalue weighted by molar-refractivity contribution is 6.32. The van der Waals surface area contributed by atoms with E-state index in [1.165, 1.54) is 19.3 Å². The summed E-state index contributed by atoms with van der Waals surface area (Å²) in [6, 6.07) is 1.80. The predicted octanol–water partition coefficient (Wildman–Crippen LogP) is 3.48. The highest BCUT2D eigenvalue weighted by Gasteiger charge is 2.23. The van der Waals surface area contributed by atoms with Crippen LogP contribution in [-0.4, -0.2) is 16.1 Å². The quantitative estimate of drug-likeness (QED) is 0.804. The molecule has 0 unspecified atom stereocenters. The molecule has 1 fully saturated rings. The summed E-state index contributed by atoms with van der Waals surface area (Å²) >= 11 is 5.85. The van der Waals surface area contributed by atoms with E-state index in [0.717, 1.165) is 18.4 Å². The van der Waals surface area contributed by atoms with Crippen molar-refractivity contribution in [2.24, 2.45) is 0 Å². The van der Waals surface area contributed by atoms with Gasteiger partial charge in [-0.25, -0.2) is 9.78 Å². The van der Waals surface area contributed by atoms with Crippen molar-refractivity contribution in [2.45, 2.75) is 38.0 Å². The molecular formula is C12H14ClNO2. The third kappa shape index (κ3) is 2.19. The average molecular weight is 240 g/mol. The van der Waals surface area contributed by atoms with Crippen molar-refractivity contribution in [3.63, 3.8) is 0 Å². The zero-order valence-corrected chi connectivity index (χ0v) is 9.70. The predicted molar refractivity (Wildman–Crippen MR) is 62.0 cm³/mol. The van der Waals surface area contributed by atoms with Gasteiger partial charge in [0.2, 0.25) is 0 Å². The van der Waals surface area contributed by atoms with Gasteiger partial charge in [0.05, 0.1) is 0 Å². The van der Waals surface area contributed by atoms with Crippen molar-refractivity contribution in [3.8, 4) is 0 Å². The molecule has 1 aromatic rings. The van der Waals surface area contributed by atoms with Gasteiger partial charge in [0, 0.05) is 6.20 Å². The standard InChI is InChI=1S/C12H14ClNO2/c13-11-10(12(15)16)9(6-7-14-11)8-4-2-1-3-5-8/h6-8H,1-5H2,(H,15,16). The van der Waals surface area contributed by atoms with E-state index in [9.17, 15) is 4.79 Å². The Kier molecular flexibility index (Phi) is 3.44. The Morgan fingerprint density at radius 1 is 1.38 bits per heavy atom. The molecule has 1 aromatic heterocycles. The second kappa shape index (κ2) is 4.83. The molecule has 0 spiro atoms. The molecule has 0 aliphatic heterocycles. The fourth-order valence-corrected chi connectivity index (χ4v) is 2.66. The van der Waals surface area contributed by atoms with E-state index >= 15 is 0 Å². The number of carboxylic acids is 1. The van der Waals surface area contributed by atoms with Gasteiger partial charge >= 0.3 is 5.97 Å². The summed E-state index contributed by atoms with van der Waals surface area (Å²) in [5.41, 5.74) is 1.04. The van der Waals surface area contributed by atoms with Crippen molar-refractivity contribution in [3.05, 3.63) is 28.5 Å². The zero-order valence-electron chi connectivity index (χ0n) is 8.95. The van der Waals surface area contributed by atoms with Crippen molar-refractivity contribution >= 4 is 17.6 Å². The summed E-state index contributed by atoms with van der Waals surface area (Å²) in [6.45, 7) is 0. The average Bonchev–Trinajstić information content (AvgIpc) is 2.29. The van der Waals surface area contributed by atoms with Gasteiger partial charge in [-0.05, 0) is 30.4 Å². The fourth-order valence-electron chi connectivity index (χ4n) is 2.42. The molecule has 0 aromatic carbocycles. The molecule has 1 heterocycles. The fraction of sp³-hybridized carbons (Fsp3) is 0.500. The number of hydrogen-bond donors (Lipinski definition) is 1. The van der Waals surface area contributed by atoms with E-state index in [2.05, 4.69) is 4.98 Å². The molecule has 1 N–H and O–H groups in total. The van der Waals surface area contributed by atoms with Crippen LogP contribution in [0.25, 0.3) is 0 Å². The van der Waals surface area contributed by atoms with E-state index in [0.29, 0.717) is 5.92 Å². The number of nitrogens with zero attached hydrogens (tertiary/aromatic N) is 1. The SMILES string of the molecule is O=C(O)c1c(C2CCCCC2)ccnc1Cl. The molecule has 0 atom stereocenters. The van der Waals surface area contributed by atoms with Gasteiger partial charge in [-0.15, -0.1) is 0 Å². The number of pyridine rings is 1. The molecule has 0 radical (unpaired) electrons. The number of halogens is 1. The number of hydrogen-bond acceptors (Lipinski definition) is 2. The summed E-state index contributed by atoms with van der Waals surface area (Å²) in [7, 11) is 0. The van der Waals surface area contributed by atoms with Crippen molar-refractivity contribution < 1.29 is 9.90 Å². The lowest BCUT2D eigenvalue weighted by molar-refractivity contribution is 0.0694. The Labute approximate surface area is 99.5 Å². The Morgan fingerprint density at radius 3 is 2.69 bits per heavy atom. The second-order valence-corrected chi connectivity index (χ2v) is 4.56. The molecule has 16 heavy (non-hydrogen) atoms. The van der Waals surface area contributed by atoms with Crippen LogP contribution >= 0.6 is 11.6 Å². The lowest BCUT2D eigenvalue weighted by atomic mass is 9.82. The first-order valence-corrected chi connectivity index (χ1v) is 5.95. The maximum Gasteiger partial charge on any atom is 0.339 e. The topological polar surface area (TPSA) is 50.2 Å². The lowest BCUT2D eigenvalue weighted by Crippen LogP contribution is -2.11. The minimum atomic E-state index is -0.973. The second-order valence-electron chi connectivity index (χ2n) is 4.21. The van der Waals surface area contributed by atoms with Crippen molar-refractivity contribution in [2.75, 3.05) is 0 Å². The first-order chi connectivity index (χ1) is 7.70. The van der Waals surface area contributed by atoms with Crippen molar-refractivity contribution in [1.29, 1.82) is 0 Å². The Bertz CT molecular complexity index is 400. The third-order valence-corrected chi connectivity index (χ3v) is 3.48. The van der Waals surface area contributed by atoms with Crippen LogP contribution in [0.5, 0.6) is 0 Å². The molecule has 1 aliphatic carbocycles. The van der Waals surface area contributed by atoms with E-state index in [1.54, 1.807) is 12.3 Å². The maximum absolute atomic E-state index is 11.2. The first kappa shape index (κ1) is 11.4. The molecule has 86 valence electrons. The summed E-state index contributed by atoms with van der Waals surface area (Å²) in [5, 5.41) is 9.26. The number of aromatic nitrogens is 1. The van der Waals surface area contributed by atoms with Gasteiger partial charge in [-0.2, -0.15) is 0 Å². The first-order valence-electron chi connectivity index (χ1n) is 5.58. The minimum absolute atomic E-state index is 0.107. The number of carboxylic acid groups (broad SMARTS) is 1. The van der Waals surface area contributed by atoms with Crippen molar-refractivity contribution in [1.82, 2.24) is 4.98 Å². The number of rotatable bonds is 2. The van der Waals surface area contributed by atoms with Crippen LogP contribution in [0.1, 0.15) is 53.9 Å². The molecule has 4 heteroatoms. The van der Waals surface area contributed by atoms with Crippen LogP contribution in [0.15, 0.2) is 12.3 Å². The maximum atomic E-state index is 11.2. The van der Waals surface area contributed by atoms with E-state index < -0.39 is 5.97 Å². The molecule has 0 amide bonds. The summed E-state index contributed by atoms with van der Waals surface area (Å²) < 4.78 is 0. The van der Waals surface area contributed by atoms with E-state index in [-0.39, 0.29) is 10.7 Å². The summed E-state index contributed by atoms with van der Waals surface area (Å²) in [4.78, 5) is 15.0. The minimum Gasteiger partial charge on any atom is -0.478 e. The van der Waals surface area contributed by atoms with Gasteiger partial charge < -0.3 is 5.11 Å². The third-order valence-electron chi connectivity index (χ3n) is 3.20.